The van der Waals surface area contributed by atoms with Crippen molar-refractivity contribution in [2.75, 3.05) is 5.75 Å². The van der Waals surface area contributed by atoms with Crippen LogP contribution in [-0.4, -0.2) is 21.8 Å². The van der Waals surface area contributed by atoms with Gasteiger partial charge in [0.1, 0.15) is 0 Å². The smallest absolute Gasteiger partial charge is 0.254 e. The fourth-order valence-corrected chi connectivity index (χ4v) is 4.95. The number of aromatic amines is 1. The Morgan fingerprint density at radius 2 is 2.00 bits per heavy atom. The average molecular weight is 426 g/mol. The molecule has 2 N–H and O–H groups in total. The minimum atomic E-state index is -0.0148. The number of aromatic nitrogens is 2. The molecule has 29 heavy (non-hydrogen) atoms. The molecule has 2 atom stereocenters. The van der Waals surface area contributed by atoms with E-state index in [2.05, 4.69) is 51.9 Å². The van der Waals surface area contributed by atoms with Crippen LogP contribution in [0.1, 0.15) is 36.1 Å². The van der Waals surface area contributed by atoms with Crippen LogP contribution >= 0.6 is 23.5 Å². The van der Waals surface area contributed by atoms with Crippen molar-refractivity contribution < 1.29 is 0 Å². The van der Waals surface area contributed by atoms with Crippen molar-refractivity contribution in [2.24, 2.45) is 0 Å². The fraction of sp³-hybridized carbons (Fsp3) is 0.304. The van der Waals surface area contributed by atoms with Gasteiger partial charge in [0.15, 0.2) is 0 Å². The van der Waals surface area contributed by atoms with Crippen molar-refractivity contribution in [1.29, 1.82) is 0 Å². The van der Waals surface area contributed by atoms with Crippen LogP contribution in [0.2, 0.25) is 5.02 Å². The number of nitrogens with zero attached hydrogens (tertiary/aromatic N) is 1. The van der Waals surface area contributed by atoms with Gasteiger partial charge < -0.3 is 4.98 Å². The molecule has 6 heteroatoms. The lowest BCUT2D eigenvalue weighted by Crippen LogP contribution is -2.40. The highest BCUT2D eigenvalue weighted by Crippen LogP contribution is 2.33. The van der Waals surface area contributed by atoms with Gasteiger partial charge in [-0.15, -0.1) is 0 Å². The molecule has 150 valence electrons. The highest BCUT2D eigenvalue weighted by atomic mass is 35.5. The molecule has 1 aliphatic rings. The van der Waals surface area contributed by atoms with Crippen LogP contribution in [0.3, 0.4) is 0 Å². The summed E-state index contributed by atoms with van der Waals surface area (Å²) < 4.78 is 3.58. The molecule has 1 heterocycles. The third-order valence-electron chi connectivity index (χ3n) is 5.44. The number of aryl methyl sites for hydroxylation is 1. The summed E-state index contributed by atoms with van der Waals surface area (Å²) in [5.74, 6) is 1.08. The zero-order valence-corrected chi connectivity index (χ0v) is 17.9. The second-order valence-electron chi connectivity index (χ2n) is 7.31. The first-order valence-electron chi connectivity index (χ1n) is 9.94. The van der Waals surface area contributed by atoms with E-state index in [0.717, 1.165) is 52.4 Å². The van der Waals surface area contributed by atoms with Crippen molar-refractivity contribution in [3.05, 3.63) is 87.1 Å². The maximum atomic E-state index is 12.7. The lowest BCUT2D eigenvalue weighted by atomic mass is 9.79. The molecule has 0 bridgehead atoms. The van der Waals surface area contributed by atoms with Crippen LogP contribution in [-0.2, 0) is 12.8 Å². The molecule has 3 aromatic rings. The molecule has 0 fully saturated rings. The number of hydrogen-bond acceptors (Lipinski definition) is 4. The van der Waals surface area contributed by atoms with Crippen molar-refractivity contribution in [3.8, 4) is 11.1 Å². The maximum absolute atomic E-state index is 12.7. The number of rotatable bonds is 6. The van der Waals surface area contributed by atoms with Gasteiger partial charge in [0.05, 0.1) is 12.0 Å². The topological polar surface area (TPSA) is 57.8 Å². The summed E-state index contributed by atoms with van der Waals surface area (Å²) in [6.45, 7) is 2.13. The minimum Gasteiger partial charge on any atom is -0.313 e. The zero-order chi connectivity index (χ0) is 20.2. The molecule has 0 saturated carbocycles. The molecule has 4 rings (SSSR count). The Kier molecular flexibility index (Phi) is 6.38. The summed E-state index contributed by atoms with van der Waals surface area (Å²) in [6, 6.07) is 16.7. The summed E-state index contributed by atoms with van der Waals surface area (Å²) in [7, 11) is 0. The van der Waals surface area contributed by atoms with Crippen LogP contribution in [0.5, 0.6) is 0 Å². The molecule has 1 aromatic heterocycles. The zero-order valence-electron chi connectivity index (χ0n) is 16.3. The molecular formula is C23H24ClN3OS. The largest absolute Gasteiger partial charge is 0.313 e. The monoisotopic (exact) mass is 425 g/mol. The Bertz CT molecular complexity index is 1050. The van der Waals surface area contributed by atoms with Crippen LogP contribution < -0.4 is 10.3 Å². The van der Waals surface area contributed by atoms with E-state index in [0.29, 0.717) is 0 Å². The summed E-state index contributed by atoms with van der Waals surface area (Å²) in [4.78, 5) is 19.9. The molecule has 1 aliphatic carbocycles. The Hall–Kier alpha value is -2.08. The molecule has 2 unspecified atom stereocenters. The van der Waals surface area contributed by atoms with Crippen LogP contribution in [0.15, 0.2) is 59.7 Å². The van der Waals surface area contributed by atoms with E-state index in [1.165, 1.54) is 11.9 Å². The molecule has 4 nitrogen and oxygen atoms in total. The van der Waals surface area contributed by atoms with Gasteiger partial charge in [0.25, 0.3) is 5.56 Å². The predicted octanol–water partition coefficient (Wildman–Crippen LogP) is 4.99. The molecule has 0 spiro atoms. The quantitative estimate of drug-likeness (QED) is 0.546. The fourth-order valence-electron chi connectivity index (χ4n) is 4.10. The van der Waals surface area contributed by atoms with Crippen molar-refractivity contribution in [2.45, 2.75) is 38.1 Å². The number of H-pyrrole nitrogens is 1. The number of nitrogens with one attached hydrogen (secondary N) is 2. The van der Waals surface area contributed by atoms with Gasteiger partial charge in [0, 0.05) is 28.3 Å². The minimum absolute atomic E-state index is 0.0148. The molecular weight excluding hydrogens is 402 g/mol. The molecule has 0 amide bonds. The Morgan fingerprint density at radius 3 is 2.79 bits per heavy atom. The number of hydrogen-bond donors (Lipinski definition) is 2. The third kappa shape index (κ3) is 4.58. The SMILES string of the molecule is CCSNC1CCc2nc[nH]c(=O)c2C1Cc1cccc(-c2cccc(Cl)c2)c1. The van der Waals surface area contributed by atoms with Crippen LogP contribution in [0.4, 0.5) is 0 Å². The first-order valence-corrected chi connectivity index (χ1v) is 11.3. The van der Waals surface area contributed by atoms with E-state index in [9.17, 15) is 4.79 Å². The summed E-state index contributed by atoms with van der Waals surface area (Å²) in [5.41, 5.74) is 5.19. The molecule has 0 radical (unpaired) electrons. The van der Waals surface area contributed by atoms with E-state index < -0.39 is 0 Å². The Balaban J connectivity index is 1.68. The van der Waals surface area contributed by atoms with Crippen LogP contribution in [0, 0.1) is 0 Å². The van der Waals surface area contributed by atoms with E-state index in [4.69, 9.17) is 11.6 Å². The van der Waals surface area contributed by atoms with Gasteiger partial charge in [-0.05, 0) is 48.1 Å². The van der Waals surface area contributed by atoms with E-state index in [-0.39, 0.29) is 17.5 Å². The van der Waals surface area contributed by atoms with Gasteiger partial charge in [-0.2, -0.15) is 0 Å². The van der Waals surface area contributed by atoms with E-state index in [1.807, 2.05) is 18.2 Å². The lowest BCUT2D eigenvalue weighted by Gasteiger charge is -2.32. The normalized spacial score (nSPS) is 18.4. The maximum Gasteiger partial charge on any atom is 0.254 e. The number of benzene rings is 2. The number of fused-ring (bicyclic) bond motifs is 1. The second kappa shape index (κ2) is 9.16. The van der Waals surface area contributed by atoms with E-state index in [1.54, 1.807) is 11.9 Å². The van der Waals surface area contributed by atoms with Gasteiger partial charge in [-0.25, -0.2) is 4.98 Å². The number of halogens is 1. The van der Waals surface area contributed by atoms with Crippen LogP contribution in [0.25, 0.3) is 11.1 Å². The van der Waals surface area contributed by atoms with E-state index >= 15 is 0 Å². The average Bonchev–Trinajstić information content (AvgIpc) is 2.73. The first-order chi connectivity index (χ1) is 14.2. The summed E-state index contributed by atoms with van der Waals surface area (Å²) in [6.07, 6.45) is 4.13. The Labute approximate surface area is 180 Å². The second-order valence-corrected chi connectivity index (χ2v) is 8.85. The highest BCUT2D eigenvalue weighted by molar-refractivity contribution is 7.97. The lowest BCUT2D eigenvalue weighted by molar-refractivity contribution is 0.435. The first kappa shape index (κ1) is 20.2. The summed E-state index contributed by atoms with van der Waals surface area (Å²) in [5, 5.41) is 0.729. The van der Waals surface area contributed by atoms with Crippen molar-refractivity contribution >= 4 is 23.5 Å². The standard InChI is InChI=1S/C23H24ClN3OS/c1-2-29-27-20-9-10-21-22(23(28)26-14-25-21)19(20)12-15-5-3-6-16(11-15)17-7-4-8-18(24)13-17/h3-8,11,13-14,19-20,27H,2,9-10,12H2,1H3,(H,25,26,28). The van der Waals surface area contributed by atoms with Crippen molar-refractivity contribution in [3.63, 3.8) is 0 Å². The highest BCUT2D eigenvalue weighted by Gasteiger charge is 2.32. The van der Waals surface area contributed by atoms with Gasteiger partial charge in [0.2, 0.25) is 0 Å². The Morgan fingerprint density at radius 1 is 1.21 bits per heavy atom. The third-order valence-corrected chi connectivity index (χ3v) is 6.43. The molecule has 0 saturated heterocycles. The van der Waals surface area contributed by atoms with Gasteiger partial charge in [-0.1, -0.05) is 66.9 Å². The predicted molar refractivity (Wildman–Crippen MR) is 122 cm³/mol. The molecule has 0 aliphatic heterocycles. The molecule has 2 aromatic carbocycles. The van der Waals surface area contributed by atoms with Gasteiger partial charge in [-0.3, -0.25) is 9.52 Å². The van der Waals surface area contributed by atoms with Gasteiger partial charge >= 0.3 is 0 Å². The van der Waals surface area contributed by atoms with Crippen molar-refractivity contribution in [1.82, 2.24) is 14.7 Å². The summed E-state index contributed by atoms with van der Waals surface area (Å²) >= 11 is 7.89.